The van der Waals surface area contributed by atoms with E-state index in [-0.39, 0.29) is 12.1 Å². The van der Waals surface area contributed by atoms with Gasteiger partial charge in [-0.2, -0.15) is 0 Å². The number of nitrogens with two attached hydrogens (primary N) is 1. The lowest BCUT2D eigenvalue weighted by Crippen LogP contribution is -2.43. The van der Waals surface area contributed by atoms with Gasteiger partial charge in [-0.05, 0) is 24.6 Å². The number of fused-ring (bicyclic) bond motifs is 1. The Labute approximate surface area is 165 Å². The zero-order valence-corrected chi connectivity index (χ0v) is 16.7. The van der Waals surface area contributed by atoms with E-state index >= 15 is 0 Å². The molecule has 3 N–H and O–H groups in total. The number of unbranched alkanes of at least 4 members (excludes halogenated alkanes) is 3. The van der Waals surface area contributed by atoms with Crippen LogP contribution >= 0.6 is 15.9 Å². The van der Waals surface area contributed by atoms with Crippen molar-refractivity contribution in [1.82, 2.24) is 14.9 Å². The number of benzene rings is 1. The highest BCUT2D eigenvalue weighted by Gasteiger charge is 2.23. The number of nitrogens with zero attached hydrogens (tertiary/aromatic N) is 2. The van der Waals surface area contributed by atoms with E-state index in [4.69, 9.17) is 10.5 Å². The molecule has 2 amide bonds. The Morgan fingerprint density at radius 3 is 2.81 bits per heavy atom. The topological polar surface area (TPSA) is 116 Å². The van der Waals surface area contributed by atoms with Gasteiger partial charge in [0.2, 0.25) is 0 Å². The molecule has 1 unspecified atom stereocenters. The summed E-state index contributed by atoms with van der Waals surface area (Å²) in [7, 11) is 0. The molecule has 0 saturated heterocycles. The second-order valence-corrected chi connectivity index (χ2v) is 7.06. The fraction of sp³-hybridized carbons (Fsp3) is 0.444. The summed E-state index contributed by atoms with van der Waals surface area (Å²) in [4.78, 5) is 40.4. The molecule has 0 spiro atoms. The predicted molar refractivity (Wildman–Crippen MR) is 105 cm³/mol. The van der Waals surface area contributed by atoms with Gasteiger partial charge in [-0.15, -0.1) is 0 Å². The van der Waals surface area contributed by atoms with Gasteiger partial charge in [0.1, 0.15) is 0 Å². The van der Waals surface area contributed by atoms with Gasteiger partial charge in [-0.25, -0.2) is 9.78 Å². The van der Waals surface area contributed by atoms with E-state index in [1.54, 1.807) is 18.2 Å². The van der Waals surface area contributed by atoms with Gasteiger partial charge < -0.3 is 15.8 Å². The van der Waals surface area contributed by atoms with Crippen LogP contribution in [-0.2, 0) is 16.1 Å². The molecule has 2 rings (SSSR count). The van der Waals surface area contributed by atoms with Crippen LogP contribution in [0.1, 0.15) is 32.6 Å². The van der Waals surface area contributed by atoms with Crippen LogP contribution in [0, 0.1) is 0 Å². The Kier molecular flexibility index (Phi) is 7.78. The number of halogens is 1. The van der Waals surface area contributed by atoms with Crippen LogP contribution in [0.5, 0.6) is 0 Å². The van der Waals surface area contributed by atoms with Crippen molar-refractivity contribution in [2.75, 3.05) is 6.54 Å². The number of hydrogen-bond acceptors (Lipinski definition) is 5. The van der Waals surface area contributed by atoms with Crippen LogP contribution in [0.2, 0.25) is 0 Å². The van der Waals surface area contributed by atoms with E-state index in [1.807, 2.05) is 0 Å². The average molecular weight is 439 g/mol. The molecular formula is C18H23BrN4O4. The molecule has 27 heavy (non-hydrogen) atoms. The lowest BCUT2D eigenvalue weighted by atomic mass is 10.2. The molecule has 0 radical (unpaired) electrons. The summed E-state index contributed by atoms with van der Waals surface area (Å²) in [5.74, 6) is -0.494. The first-order chi connectivity index (χ1) is 12.9. The minimum atomic E-state index is -1.21. The first-order valence-electron chi connectivity index (χ1n) is 8.81. The van der Waals surface area contributed by atoms with Gasteiger partial charge in [0.05, 0.1) is 23.8 Å². The summed E-state index contributed by atoms with van der Waals surface area (Å²) in [5.41, 5.74) is 5.27. The molecule has 1 heterocycles. The van der Waals surface area contributed by atoms with Crippen LogP contribution in [0.4, 0.5) is 4.79 Å². The molecular weight excluding hydrogens is 416 g/mol. The van der Waals surface area contributed by atoms with Crippen molar-refractivity contribution < 1.29 is 14.3 Å². The summed E-state index contributed by atoms with van der Waals surface area (Å²) < 4.78 is 6.89. The second kappa shape index (κ2) is 10.1. The van der Waals surface area contributed by atoms with Crippen molar-refractivity contribution in [3.05, 3.63) is 39.4 Å². The smallest absolute Gasteiger partial charge is 0.405 e. The van der Waals surface area contributed by atoms with E-state index in [1.165, 1.54) is 10.9 Å². The Hall–Kier alpha value is -2.42. The Morgan fingerprint density at radius 1 is 1.33 bits per heavy atom. The Morgan fingerprint density at radius 2 is 2.11 bits per heavy atom. The van der Waals surface area contributed by atoms with Gasteiger partial charge in [0, 0.05) is 11.0 Å². The summed E-state index contributed by atoms with van der Waals surface area (Å²) in [5, 5.41) is 3.11. The van der Waals surface area contributed by atoms with Gasteiger partial charge in [0.15, 0.2) is 6.10 Å². The molecule has 0 fully saturated rings. The number of aromatic nitrogens is 2. The Bertz CT molecular complexity index is 868. The molecule has 0 bridgehead atoms. The molecule has 9 heteroatoms. The fourth-order valence-corrected chi connectivity index (χ4v) is 2.99. The minimum Gasteiger partial charge on any atom is -0.434 e. The normalized spacial score (nSPS) is 11.9. The quantitative estimate of drug-likeness (QED) is 0.582. The molecule has 0 aliphatic rings. The van der Waals surface area contributed by atoms with Crippen LogP contribution < -0.4 is 16.6 Å². The van der Waals surface area contributed by atoms with E-state index in [0.717, 1.165) is 30.2 Å². The standard InChI is InChI=1S/C18H23BrN4O4/c1-2-3-4-5-8-21-16(24)15(27-18(20)26)10-23-11-22-14-7-6-12(19)9-13(14)17(23)25/h6-7,9,11,15H,2-5,8,10H2,1H3,(H2,20,26)(H,21,24). The summed E-state index contributed by atoms with van der Waals surface area (Å²) in [6, 6.07) is 5.15. The van der Waals surface area contributed by atoms with Crippen LogP contribution in [0.25, 0.3) is 10.9 Å². The number of primary amides is 1. The van der Waals surface area contributed by atoms with Crippen molar-refractivity contribution in [2.45, 2.75) is 45.3 Å². The van der Waals surface area contributed by atoms with E-state index < -0.39 is 18.1 Å². The molecule has 2 aromatic rings. The lowest BCUT2D eigenvalue weighted by Gasteiger charge is -2.17. The second-order valence-electron chi connectivity index (χ2n) is 6.14. The van der Waals surface area contributed by atoms with Crippen molar-refractivity contribution in [1.29, 1.82) is 0 Å². The molecule has 1 aromatic heterocycles. The molecule has 146 valence electrons. The summed E-state index contributed by atoms with van der Waals surface area (Å²) >= 11 is 3.32. The molecule has 1 atom stereocenters. The first-order valence-corrected chi connectivity index (χ1v) is 9.60. The molecule has 0 aliphatic heterocycles. The number of hydrogen-bond donors (Lipinski definition) is 2. The first kappa shape index (κ1) is 20.9. The Balaban J connectivity index is 2.14. The third-order valence-electron chi connectivity index (χ3n) is 4.03. The fourth-order valence-electron chi connectivity index (χ4n) is 2.63. The number of ether oxygens (including phenoxy) is 1. The number of amides is 2. The highest BCUT2D eigenvalue weighted by atomic mass is 79.9. The largest absolute Gasteiger partial charge is 0.434 e. The SMILES string of the molecule is CCCCCCNC(=O)C(Cn1cnc2ccc(Br)cc2c1=O)OC(N)=O. The maximum atomic E-state index is 12.7. The molecule has 0 saturated carbocycles. The van der Waals surface area contributed by atoms with Gasteiger partial charge >= 0.3 is 6.09 Å². The van der Waals surface area contributed by atoms with Crippen molar-refractivity contribution in [2.24, 2.45) is 5.73 Å². The third-order valence-corrected chi connectivity index (χ3v) is 4.52. The molecule has 8 nitrogen and oxygen atoms in total. The average Bonchev–Trinajstić information content (AvgIpc) is 2.63. The molecule has 1 aromatic carbocycles. The number of nitrogens with one attached hydrogen (secondary N) is 1. The highest BCUT2D eigenvalue weighted by Crippen LogP contribution is 2.15. The van der Waals surface area contributed by atoms with E-state index in [2.05, 4.69) is 33.2 Å². The summed E-state index contributed by atoms with van der Waals surface area (Å²) in [6.45, 7) is 2.40. The summed E-state index contributed by atoms with van der Waals surface area (Å²) in [6.07, 6.45) is 3.04. The molecule has 0 aliphatic carbocycles. The zero-order valence-electron chi connectivity index (χ0n) is 15.1. The maximum Gasteiger partial charge on any atom is 0.405 e. The lowest BCUT2D eigenvalue weighted by molar-refractivity contribution is -0.130. The van der Waals surface area contributed by atoms with Gasteiger partial charge in [0.25, 0.3) is 11.5 Å². The van der Waals surface area contributed by atoms with Crippen molar-refractivity contribution in [3.63, 3.8) is 0 Å². The maximum absolute atomic E-state index is 12.7. The number of rotatable bonds is 9. The van der Waals surface area contributed by atoms with Gasteiger partial charge in [-0.1, -0.05) is 42.1 Å². The predicted octanol–water partition coefficient (Wildman–Crippen LogP) is 2.32. The number of carbonyl (C=O) groups excluding carboxylic acids is 2. The zero-order chi connectivity index (χ0) is 19.8. The van der Waals surface area contributed by atoms with Crippen LogP contribution in [0.3, 0.4) is 0 Å². The highest BCUT2D eigenvalue weighted by molar-refractivity contribution is 9.10. The van der Waals surface area contributed by atoms with Crippen LogP contribution in [0.15, 0.2) is 33.8 Å². The minimum absolute atomic E-state index is 0.169. The number of carbonyl (C=O) groups is 2. The van der Waals surface area contributed by atoms with E-state index in [0.29, 0.717) is 17.4 Å². The monoisotopic (exact) mass is 438 g/mol. The van der Waals surface area contributed by atoms with Crippen molar-refractivity contribution >= 4 is 38.8 Å². The van der Waals surface area contributed by atoms with E-state index in [9.17, 15) is 14.4 Å². The van der Waals surface area contributed by atoms with Crippen molar-refractivity contribution in [3.8, 4) is 0 Å². The van der Waals surface area contributed by atoms with Gasteiger partial charge in [-0.3, -0.25) is 14.2 Å². The van der Waals surface area contributed by atoms with Crippen LogP contribution in [-0.4, -0.2) is 34.2 Å². The third kappa shape index (κ3) is 6.06.